The van der Waals surface area contributed by atoms with Crippen molar-refractivity contribution in [1.82, 2.24) is 4.57 Å². The van der Waals surface area contributed by atoms with Gasteiger partial charge in [0.05, 0.1) is 40.6 Å². The second-order valence-electron chi connectivity index (χ2n) is 8.26. The first-order valence-electron chi connectivity index (χ1n) is 11.6. The molecular weight excluding hydrogens is 512 g/mol. The number of furan rings is 1. The Hall–Kier alpha value is -3.88. The van der Waals surface area contributed by atoms with Crippen LogP contribution in [-0.4, -0.2) is 24.3 Å². The highest BCUT2D eigenvalue weighted by Crippen LogP contribution is 2.32. The first-order chi connectivity index (χ1) is 17.9. The van der Waals surface area contributed by atoms with E-state index in [1.165, 1.54) is 15.9 Å². The largest absolute Gasteiger partial charge is 0.497 e. The Balaban J connectivity index is 1.64. The third-order valence-corrected chi connectivity index (χ3v) is 7.30. The predicted octanol–water partition coefficient (Wildman–Crippen LogP) is 4.72. The van der Waals surface area contributed by atoms with E-state index in [0.717, 1.165) is 11.1 Å². The molecule has 1 aliphatic heterocycles. The molecule has 2 aromatic carbocycles. The van der Waals surface area contributed by atoms with Gasteiger partial charge in [-0.05, 0) is 55.8 Å². The van der Waals surface area contributed by atoms with E-state index in [1.54, 1.807) is 51.3 Å². The number of rotatable bonds is 6. The van der Waals surface area contributed by atoms with Crippen LogP contribution in [0.2, 0.25) is 5.02 Å². The molecule has 1 unspecified atom stereocenters. The van der Waals surface area contributed by atoms with Gasteiger partial charge in [-0.15, -0.1) is 0 Å². The van der Waals surface area contributed by atoms with Gasteiger partial charge in [0.1, 0.15) is 17.3 Å². The molecule has 4 aromatic rings. The highest BCUT2D eigenvalue weighted by atomic mass is 35.5. The van der Waals surface area contributed by atoms with E-state index in [-0.39, 0.29) is 12.2 Å². The van der Waals surface area contributed by atoms with Crippen molar-refractivity contribution in [2.45, 2.75) is 19.9 Å². The number of carbonyl (C=O) groups is 1. The number of nitrogens with zero attached hydrogens (tertiary/aromatic N) is 2. The summed E-state index contributed by atoms with van der Waals surface area (Å²) in [5, 5.41) is 0.573. The zero-order chi connectivity index (χ0) is 26.1. The van der Waals surface area contributed by atoms with E-state index in [4.69, 9.17) is 25.5 Å². The molecule has 0 bridgehead atoms. The van der Waals surface area contributed by atoms with Gasteiger partial charge in [-0.1, -0.05) is 47.2 Å². The van der Waals surface area contributed by atoms with Gasteiger partial charge in [-0.2, -0.15) is 0 Å². The smallest absolute Gasteiger partial charge is 0.338 e. The number of aromatic nitrogens is 1. The number of hydrogen-bond acceptors (Lipinski definition) is 7. The Morgan fingerprint density at radius 3 is 2.62 bits per heavy atom. The van der Waals surface area contributed by atoms with Crippen LogP contribution in [0.5, 0.6) is 5.75 Å². The number of esters is 1. The Morgan fingerprint density at radius 1 is 1.16 bits per heavy atom. The van der Waals surface area contributed by atoms with Crippen molar-refractivity contribution in [3.8, 4) is 17.1 Å². The zero-order valence-electron chi connectivity index (χ0n) is 20.4. The summed E-state index contributed by atoms with van der Waals surface area (Å²) >= 11 is 7.54. The topological polar surface area (TPSA) is 83.0 Å². The number of fused-ring (bicyclic) bond motifs is 1. The molecule has 0 fully saturated rings. The van der Waals surface area contributed by atoms with E-state index in [9.17, 15) is 9.59 Å². The number of thiazole rings is 1. The van der Waals surface area contributed by atoms with E-state index in [2.05, 4.69) is 4.99 Å². The van der Waals surface area contributed by atoms with Gasteiger partial charge in [0, 0.05) is 11.6 Å². The van der Waals surface area contributed by atoms with Crippen molar-refractivity contribution < 1.29 is 18.7 Å². The van der Waals surface area contributed by atoms with Crippen molar-refractivity contribution in [2.75, 3.05) is 13.7 Å². The summed E-state index contributed by atoms with van der Waals surface area (Å²) in [6.07, 6.45) is 1.68. The molecule has 9 heteroatoms. The molecular formula is C28H23ClN2O5S. The van der Waals surface area contributed by atoms with Crippen LogP contribution in [0, 0.1) is 0 Å². The summed E-state index contributed by atoms with van der Waals surface area (Å²) in [7, 11) is 1.58. The first kappa shape index (κ1) is 24.8. The lowest BCUT2D eigenvalue weighted by Gasteiger charge is -2.24. The van der Waals surface area contributed by atoms with Crippen LogP contribution in [0.15, 0.2) is 86.1 Å². The second kappa shape index (κ2) is 10.2. The number of benzene rings is 2. The van der Waals surface area contributed by atoms with Gasteiger partial charge < -0.3 is 13.9 Å². The maximum Gasteiger partial charge on any atom is 0.338 e. The molecule has 0 saturated carbocycles. The third kappa shape index (κ3) is 4.65. The van der Waals surface area contributed by atoms with E-state index >= 15 is 0 Å². The van der Waals surface area contributed by atoms with Gasteiger partial charge >= 0.3 is 5.97 Å². The minimum absolute atomic E-state index is 0.210. The van der Waals surface area contributed by atoms with Gasteiger partial charge in [0.2, 0.25) is 0 Å². The van der Waals surface area contributed by atoms with Crippen molar-refractivity contribution in [1.29, 1.82) is 0 Å². The minimum atomic E-state index is -0.696. The van der Waals surface area contributed by atoms with Gasteiger partial charge in [0.25, 0.3) is 5.56 Å². The molecule has 188 valence electrons. The van der Waals surface area contributed by atoms with Crippen LogP contribution in [-0.2, 0) is 9.53 Å². The highest BCUT2D eigenvalue weighted by Gasteiger charge is 2.33. The number of allylic oxidation sites excluding steroid dienone is 1. The Labute approximate surface area is 221 Å². The highest BCUT2D eigenvalue weighted by molar-refractivity contribution is 7.07. The maximum absolute atomic E-state index is 13.7. The number of ether oxygens (including phenoxy) is 2. The Morgan fingerprint density at radius 2 is 1.92 bits per heavy atom. The van der Waals surface area contributed by atoms with E-state index < -0.39 is 12.0 Å². The van der Waals surface area contributed by atoms with Crippen LogP contribution in [0.1, 0.15) is 31.2 Å². The monoisotopic (exact) mass is 534 g/mol. The molecule has 0 radical (unpaired) electrons. The van der Waals surface area contributed by atoms with Gasteiger partial charge in [-0.3, -0.25) is 9.36 Å². The van der Waals surface area contributed by atoms with Crippen LogP contribution in [0.3, 0.4) is 0 Å². The lowest BCUT2D eigenvalue weighted by atomic mass is 9.96. The summed E-state index contributed by atoms with van der Waals surface area (Å²) in [4.78, 5) is 31.8. The van der Waals surface area contributed by atoms with Crippen molar-refractivity contribution in [3.05, 3.63) is 108 Å². The summed E-state index contributed by atoms with van der Waals surface area (Å²) in [5.74, 6) is 1.26. The van der Waals surface area contributed by atoms with Crippen LogP contribution in [0.25, 0.3) is 17.4 Å². The average Bonchev–Trinajstić information content (AvgIpc) is 3.48. The fourth-order valence-electron chi connectivity index (χ4n) is 4.26. The summed E-state index contributed by atoms with van der Waals surface area (Å²) in [6.45, 7) is 3.70. The lowest BCUT2D eigenvalue weighted by Crippen LogP contribution is -2.39. The minimum Gasteiger partial charge on any atom is -0.497 e. The second-order valence-corrected chi connectivity index (χ2v) is 9.67. The molecule has 7 nitrogen and oxygen atoms in total. The number of hydrogen-bond donors (Lipinski definition) is 0. The first-order valence-corrected chi connectivity index (χ1v) is 12.8. The standard InChI is InChI=1S/C28H23ClN2O5S/c1-4-35-27(33)24-16(2)30-28-31(25(24)17-9-11-18(34-3)12-10-17)26(32)23(37-28)15-19-13-14-22(36-19)20-7-5-6-8-21(20)29/h5-15,25H,4H2,1-3H3/b23-15-. The molecule has 37 heavy (non-hydrogen) atoms. The van der Waals surface area contributed by atoms with Crippen molar-refractivity contribution in [3.63, 3.8) is 0 Å². The lowest BCUT2D eigenvalue weighted by molar-refractivity contribution is -0.139. The molecule has 0 saturated heterocycles. The van der Waals surface area contributed by atoms with Crippen LogP contribution >= 0.6 is 22.9 Å². The molecule has 2 aromatic heterocycles. The predicted molar refractivity (Wildman–Crippen MR) is 143 cm³/mol. The quantitative estimate of drug-likeness (QED) is 0.334. The summed E-state index contributed by atoms with van der Waals surface area (Å²) in [6, 6.07) is 17.5. The molecule has 1 atom stereocenters. The molecule has 1 aliphatic rings. The van der Waals surface area contributed by atoms with Crippen LogP contribution < -0.4 is 19.6 Å². The fraction of sp³-hybridized carbons (Fsp3) is 0.179. The van der Waals surface area contributed by atoms with E-state index in [1.807, 2.05) is 36.4 Å². The molecule has 0 aliphatic carbocycles. The SMILES string of the molecule is CCOC(=O)C1=C(C)N=c2s/c(=C\c3ccc(-c4ccccc4Cl)o3)c(=O)n2C1c1ccc(OC)cc1. The molecule has 0 spiro atoms. The molecule has 5 rings (SSSR count). The number of methoxy groups -OCH3 is 1. The number of carbonyl (C=O) groups excluding carboxylic acids is 1. The normalized spacial score (nSPS) is 15.4. The molecule has 0 N–H and O–H groups in total. The van der Waals surface area contributed by atoms with Gasteiger partial charge in [0.15, 0.2) is 4.80 Å². The van der Waals surface area contributed by atoms with Gasteiger partial charge in [-0.25, -0.2) is 9.79 Å². The maximum atomic E-state index is 13.7. The van der Waals surface area contributed by atoms with Crippen molar-refractivity contribution in [2.24, 2.45) is 4.99 Å². The average molecular weight is 535 g/mol. The summed E-state index contributed by atoms with van der Waals surface area (Å²) in [5.41, 5.74) is 2.05. The summed E-state index contributed by atoms with van der Waals surface area (Å²) < 4.78 is 18.6. The van der Waals surface area contributed by atoms with Crippen LogP contribution in [0.4, 0.5) is 0 Å². The van der Waals surface area contributed by atoms with E-state index in [0.29, 0.717) is 42.9 Å². The number of halogens is 1. The Bertz CT molecular complexity index is 1700. The fourth-order valence-corrected chi connectivity index (χ4v) is 5.51. The molecule has 3 heterocycles. The molecule has 0 amide bonds. The van der Waals surface area contributed by atoms with Crippen molar-refractivity contribution >= 4 is 35.0 Å². The third-order valence-electron chi connectivity index (χ3n) is 5.99. The zero-order valence-corrected chi connectivity index (χ0v) is 21.9. The Kier molecular flexibility index (Phi) is 6.86.